The van der Waals surface area contributed by atoms with E-state index in [9.17, 15) is 21.6 Å². The maximum absolute atomic E-state index is 12.2. The lowest BCUT2D eigenvalue weighted by Gasteiger charge is -2.10. The molecule has 2 heterocycles. The van der Waals surface area contributed by atoms with Crippen LogP contribution in [0.15, 0.2) is 12.4 Å². The van der Waals surface area contributed by atoms with Gasteiger partial charge in [-0.25, -0.2) is 18.1 Å². The second kappa shape index (κ2) is 4.70. The van der Waals surface area contributed by atoms with Crippen LogP contribution in [-0.4, -0.2) is 28.3 Å². The minimum atomic E-state index is -5.40. The van der Waals surface area contributed by atoms with Gasteiger partial charge in [-0.2, -0.15) is 13.2 Å². The quantitative estimate of drug-likeness (QED) is 0.927. The van der Waals surface area contributed by atoms with Crippen molar-refractivity contribution in [2.45, 2.75) is 25.9 Å². The van der Waals surface area contributed by atoms with Crippen LogP contribution in [-0.2, 0) is 16.6 Å². The van der Waals surface area contributed by atoms with Crippen molar-refractivity contribution in [3.63, 3.8) is 0 Å². The van der Waals surface area contributed by atoms with Crippen LogP contribution in [0, 0.1) is 13.8 Å². The van der Waals surface area contributed by atoms with Crippen molar-refractivity contribution in [3.8, 4) is 0 Å². The van der Waals surface area contributed by atoms with Crippen LogP contribution in [0.2, 0.25) is 0 Å². The van der Waals surface area contributed by atoms with Gasteiger partial charge < -0.3 is 4.40 Å². The van der Waals surface area contributed by atoms with Crippen LogP contribution >= 0.6 is 0 Å². The Morgan fingerprint density at radius 1 is 1.20 bits per heavy atom. The van der Waals surface area contributed by atoms with E-state index in [0.717, 1.165) is 0 Å². The topological polar surface area (TPSA) is 76.4 Å². The van der Waals surface area contributed by atoms with Gasteiger partial charge in [-0.1, -0.05) is 0 Å². The van der Waals surface area contributed by atoms with Crippen LogP contribution < -0.4 is 4.72 Å². The number of rotatable bonds is 3. The molecule has 2 aromatic rings. The molecule has 1 N–H and O–H groups in total. The Kier molecular flexibility index (Phi) is 3.46. The summed E-state index contributed by atoms with van der Waals surface area (Å²) in [5, 5.41) is 0. The Labute approximate surface area is 112 Å². The first-order valence-corrected chi connectivity index (χ1v) is 6.96. The molecule has 10 heteroatoms. The Morgan fingerprint density at radius 3 is 2.30 bits per heavy atom. The zero-order valence-corrected chi connectivity index (χ0v) is 11.4. The number of hydrogen-bond acceptors (Lipinski definition) is 4. The maximum Gasteiger partial charge on any atom is 0.511 e. The molecule has 0 radical (unpaired) electrons. The van der Waals surface area contributed by atoms with Crippen molar-refractivity contribution < 1.29 is 21.6 Å². The lowest BCUT2D eigenvalue weighted by Crippen LogP contribution is -2.36. The third kappa shape index (κ3) is 2.75. The van der Waals surface area contributed by atoms with Crippen LogP contribution in [0.25, 0.3) is 5.65 Å². The summed E-state index contributed by atoms with van der Waals surface area (Å²) >= 11 is 0. The lowest BCUT2D eigenvalue weighted by atomic mass is 10.4. The molecular weight excluding hydrogens is 297 g/mol. The Balaban J connectivity index is 2.35. The van der Waals surface area contributed by atoms with E-state index in [-0.39, 0.29) is 5.69 Å². The van der Waals surface area contributed by atoms with E-state index < -0.39 is 22.1 Å². The first-order valence-electron chi connectivity index (χ1n) is 5.48. The molecule has 0 saturated heterocycles. The molecule has 20 heavy (non-hydrogen) atoms. The molecule has 0 unspecified atom stereocenters. The molecule has 0 saturated carbocycles. The molecule has 0 bridgehead atoms. The van der Waals surface area contributed by atoms with Gasteiger partial charge in [0.05, 0.1) is 23.6 Å². The standard InChI is InChI=1S/C10H11F3N4O2S/c1-6-4-17-5-7(2)16-9(17)8(15-6)3-14-20(18,19)10(11,12)13/h4-5,14H,3H2,1-2H3. The van der Waals surface area contributed by atoms with Crippen LogP contribution in [0.1, 0.15) is 17.1 Å². The molecule has 0 fully saturated rings. The van der Waals surface area contributed by atoms with E-state index in [1.807, 2.05) is 0 Å². The monoisotopic (exact) mass is 308 g/mol. The van der Waals surface area contributed by atoms with Crippen LogP contribution in [0.3, 0.4) is 0 Å². The lowest BCUT2D eigenvalue weighted by molar-refractivity contribution is -0.0448. The summed E-state index contributed by atoms with van der Waals surface area (Å²) in [6.07, 6.45) is 3.32. The van der Waals surface area contributed by atoms with Crippen molar-refractivity contribution in [3.05, 3.63) is 29.5 Å². The number of nitrogens with one attached hydrogen (secondary N) is 1. The molecule has 0 amide bonds. The molecule has 2 aromatic heterocycles. The Morgan fingerprint density at radius 2 is 1.75 bits per heavy atom. The molecule has 0 atom stereocenters. The van der Waals surface area contributed by atoms with Crippen molar-refractivity contribution in [1.82, 2.24) is 19.1 Å². The SMILES string of the molecule is Cc1cn2cc(C)nc2c(CNS(=O)(=O)C(F)(F)F)n1. The molecule has 0 aliphatic carbocycles. The number of halogens is 3. The molecule has 0 spiro atoms. The van der Waals surface area contributed by atoms with E-state index >= 15 is 0 Å². The second-order valence-corrected chi connectivity index (χ2v) is 5.97. The minimum Gasteiger partial charge on any atom is -0.303 e. The van der Waals surface area contributed by atoms with Gasteiger partial charge in [0, 0.05) is 12.4 Å². The average molecular weight is 308 g/mol. The fraction of sp³-hybridized carbons (Fsp3) is 0.400. The maximum atomic E-state index is 12.2. The number of nitrogens with zero attached hydrogens (tertiary/aromatic N) is 3. The van der Waals surface area contributed by atoms with E-state index in [1.165, 1.54) is 4.72 Å². The summed E-state index contributed by atoms with van der Waals surface area (Å²) in [4.78, 5) is 8.12. The molecule has 0 aliphatic heterocycles. The minimum absolute atomic E-state index is 0.130. The number of aryl methyl sites for hydroxylation is 2. The fourth-order valence-corrected chi connectivity index (χ4v) is 2.18. The van der Waals surface area contributed by atoms with Crippen molar-refractivity contribution in [2.24, 2.45) is 0 Å². The van der Waals surface area contributed by atoms with Gasteiger partial charge >= 0.3 is 15.5 Å². The fourth-order valence-electron chi connectivity index (χ4n) is 1.68. The number of sulfonamides is 1. The van der Waals surface area contributed by atoms with Crippen LogP contribution in [0.4, 0.5) is 13.2 Å². The summed E-state index contributed by atoms with van der Waals surface area (Å²) in [5.74, 6) is 0. The van der Waals surface area contributed by atoms with Gasteiger partial charge in [0.1, 0.15) is 0 Å². The van der Waals surface area contributed by atoms with E-state index in [2.05, 4.69) is 9.97 Å². The normalized spacial score (nSPS) is 13.1. The van der Waals surface area contributed by atoms with Gasteiger partial charge in [0.2, 0.25) is 0 Å². The Hall–Kier alpha value is -1.68. The first-order chi connectivity index (χ1) is 9.10. The number of alkyl halides is 3. The number of fused-ring (bicyclic) bond motifs is 1. The summed E-state index contributed by atoms with van der Waals surface area (Å²) in [6, 6.07) is 0. The smallest absolute Gasteiger partial charge is 0.303 e. The predicted molar refractivity (Wildman–Crippen MR) is 64.3 cm³/mol. The van der Waals surface area contributed by atoms with E-state index in [0.29, 0.717) is 17.0 Å². The predicted octanol–water partition coefficient (Wildman–Crippen LogP) is 1.29. The van der Waals surface area contributed by atoms with Gasteiger partial charge in [0.15, 0.2) is 5.65 Å². The van der Waals surface area contributed by atoms with Crippen LogP contribution in [0.5, 0.6) is 0 Å². The average Bonchev–Trinajstić information content (AvgIpc) is 2.64. The summed E-state index contributed by atoms with van der Waals surface area (Å²) < 4.78 is 61.7. The van der Waals surface area contributed by atoms with Gasteiger partial charge in [-0.3, -0.25) is 4.98 Å². The molecule has 0 aliphatic rings. The van der Waals surface area contributed by atoms with Gasteiger partial charge in [0.25, 0.3) is 0 Å². The Bertz CT molecular complexity index is 752. The van der Waals surface area contributed by atoms with Crippen molar-refractivity contribution in [2.75, 3.05) is 0 Å². The highest BCUT2D eigenvalue weighted by atomic mass is 32.2. The first kappa shape index (κ1) is 14.7. The van der Waals surface area contributed by atoms with Crippen molar-refractivity contribution in [1.29, 1.82) is 0 Å². The molecule has 0 aromatic carbocycles. The highest BCUT2D eigenvalue weighted by Gasteiger charge is 2.45. The molecule has 2 rings (SSSR count). The second-order valence-electron chi connectivity index (χ2n) is 4.21. The highest BCUT2D eigenvalue weighted by Crippen LogP contribution is 2.22. The third-order valence-electron chi connectivity index (χ3n) is 2.48. The zero-order valence-electron chi connectivity index (χ0n) is 10.6. The number of aromatic nitrogens is 3. The van der Waals surface area contributed by atoms with E-state index in [1.54, 1.807) is 30.6 Å². The molecule has 6 nitrogen and oxygen atoms in total. The summed E-state index contributed by atoms with van der Waals surface area (Å²) in [7, 11) is -5.40. The largest absolute Gasteiger partial charge is 0.511 e. The molecule has 110 valence electrons. The number of hydrogen-bond donors (Lipinski definition) is 1. The summed E-state index contributed by atoms with van der Waals surface area (Å²) in [6.45, 7) is 2.78. The summed E-state index contributed by atoms with van der Waals surface area (Å²) in [5.41, 5.74) is -3.71. The highest BCUT2D eigenvalue weighted by molar-refractivity contribution is 7.90. The van der Waals surface area contributed by atoms with E-state index in [4.69, 9.17) is 0 Å². The van der Waals surface area contributed by atoms with Gasteiger partial charge in [-0.05, 0) is 13.8 Å². The third-order valence-corrected chi connectivity index (χ3v) is 3.62. The van der Waals surface area contributed by atoms with Crippen molar-refractivity contribution >= 4 is 15.7 Å². The molecular formula is C10H11F3N4O2S. The zero-order chi connectivity index (χ0) is 15.1. The number of imidazole rings is 1. The van der Waals surface area contributed by atoms with Gasteiger partial charge in [-0.15, -0.1) is 0 Å².